The summed E-state index contributed by atoms with van der Waals surface area (Å²) in [6.45, 7) is 0. The van der Waals surface area contributed by atoms with Crippen molar-refractivity contribution in [1.29, 1.82) is 5.26 Å². The smallest absolute Gasteiger partial charge is 0.130 e. The zero-order valence-corrected chi connectivity index (χ0v) is 10.7. The molecular formula is C14H12N2OS. The third kappa shape index (κ3) is 2.36. The van der Waals surface area contributed by atoms with E-state index in [0.29, 0.717) is 11.3 Å². The van der Waals surface area contributed by atoms with E-state index in [9.17, 15) is 5.26 Å². The number of nitrogens with zero attached hydrogens (tertiary/aromatic N) is 1. The van der Waals surface area contributed by atoms with Crippen molar-refractivity contribution in [2.45, 2.75) is 0 Å². The minimum Gasteiger partial charge on any atom is -0.496 e. The van der Waals surface area contributed by atoms with Crippen LogP contribution in [0.25, 0.3) is 11.3 Å². The third-order valence-corrected chi connectivity index (χ3v) is 3.46. The molecule has 2 N–H and O–H groups in total. The topological polar surface area (TPSA) is 59.0 Å². The Morgan fingerprint density at radius 3 is 2.61 bits per heavy atom. The normalized spacial score (nSPS) is 11.6. The zero-order valence-electron chi connectivity index (χ0n) is 9.88. The fourth-order valence-electron chi connectivity index (χ4n) is 1.58. The lowest BCUT2D eigenvalue weighted by molar-refractivity contribution is 0.416. The summed E-state index contributed by atoms with van der Waals surface area (Å²) < 4.78 is 5.11. The van der Waals surface area contributed by atoms with E-state index in [2.05, 4.69) is 6.07 Å². The highest BCUT2D eigenvalue weighted by molar-refractivity contribution is 7.11. The summed E-state index contributed by atoms with van der Waals surface area (Å²) in [5.41, 5.74) is 7.86. The lowest BCUT2D eigenvalue weighted by Crippen LogP contribution is -1.98. The second kappa shape index (κ2) is 5.39. The van der Waals surface area contributed by atoms with E-state index in [-0.39, 0.29) is 0 Å². The fourth-order valence-corrected chi connectivity index (χ4v) is 2.40. The summed E-state index contributed by atoms with van der Waals surface area (Å²) in [7, 11) is 1.61. The van der Waals surface area contributed by atoms with Crippen molar-refractivity contribution < 1.29 is 4.74 Å². The number of nitrogens with two attached hydrogens (primary N) is 1. The molecule has 1 aromatic heterocycles. The van der Waals surface area contributed by atoms with Crippen molar-refractivity contribution in [3.05, 3.63) is 52.2 Å². The average molecular weight is 256 g/mol. The number of hydrogen-bond acceptors (Lipinski definition) is 4. The predicted octanol–water partition coefficient (Wildman–Crippen LogP) is 3.11. The van der Waals surface area contributed by atoms with Crippen molar-refractivity contribution in [3.8, 4) is 11.8 Å². The molecule has 0 unspecified atom stereocenters. The molecule has 0 aliphatic heterocycles. The average Bonchev–Trinajstić information content (AvgIpc) is 2.89. The van der Waals surface area contributed by atoms with Gasteiger partial charge in [-0.15, -0.1) is 11.3 Å². The first kappa shape index (κ1) is 12.2. The van der Waals surface area contributed by atoms with E-state index in [0.717, 1.165) is 16.2 Å². The number of nitriles is 1. The van der Waals surface area contributed by atoms with Gasteiger partial charge in [0, 0.05) is 11.4 Å². The second-order valence-electron chi connectivity index (χ2n) is 3.62. The van der Waals surface area contributed by atoms with Gasteiger partial charge in [-0.1, -0.05) is 30.3 Å². The highest BCUT2D eigenvalue weighted by Gasteiger charge is 2.10. The maximum atomic E-state index is 9.26. The quantitative estimate of drug-likeness (QED) is 0.858. The molecule has 0 aliphatic rings. The van der Waals surface area contributed by atoms with Gasteiger partial charge in [0.15, 0.2) is 0 Å². The molecule has 0 fully saturated rings. The van der Waals surface area contributed by atoms with Crippen LogP contribution in [0.2, 0.25) is 0 Å². The van der Waals surface area contributed by atoms with Crippen LogP contribution in [0.15, 0.2) is 41.8 Å². The van der Waals surface area contributed by atoms with E-state index in [4.69, 9.17) is 10.5 Å². The monoisotopic (exact) mass is 256 g/mol. The minimum atomic E-state index is 0.483. The van der Waals surface area contributed by atoms with E-state index in [1.165, 1.54) is 11.3 Å². The summed E-state index contributed by atoms with van der Waals surface area (Å²) in [5, 5.41) is 11.1. The van der Waals surface area contributed by atoms with Crippen LogP contribution in [0, 0.1) is 11.3 Å². The van der Waals surface area contributed by atoms with Gasteiger partial charge in [-0.2, -0.15) is 5.26 Å². The van der Waals surface area contributed by atoms with Gasteiger partial charge in [-0.05, 0) is 5.56 Å². The number of benzene rings is 1. The SMILES string of the molecule is COc1csc(/C(N)=C(/C#N)c2ccccc2)c1. The molecule has 18 heavy (non-hydrogen) atoms. The summed E-state index contributed by atoms with van der Waals surface area (Å²) in [6, 6.07) is 13.4. The Bertz CT molecular complexity index is 608. The first-order valence-corrected chi connectivity index (χ1v) is 6.22. The molecular weight excluding hydrogens is 244 g/mol. The van der Waals surface area contributed by atoms with E-state index >= 15 is 0 Å². The highest BCUT2D eigenvalue weighted by atomic mass is 32.1. The van der Waals surface area contributed by atoms with Crippen LogP contribution < -0.4 is 10.5 Å². The summed E-state index contributed by atoms with van der Waals surface area (Å²) in [4.78, 5) is 0.840. The molecule has 0 radical (unpaired) electrons. The number of allylic oxidation sites excluding steroid dienone is 1. The van der Waals surface area contributed by atoms with Crippen molar-refractivity contribution in [3.63, 3.8) is 0 Å². The van der Waals surface area contributed by atoms with E-state index in [1.54, 1.807) is 7.11 Å². The van der Waals surface area contributed by atoms with E-state index in [1.807, 2.05) is 41.8 Å². The molecule has 0 spiro atoms. The van der Waals surface area contributed by atoms with Crippen molar-refractivity contribution in [1.82, 2.24) is 0 Å². The maximum absolute atomic E-state index is 9.26. The van der Waals surface area contributed by atoms with Crippen molar-refractivity contribution in [2.75, 3.05) is 7.11 Å². The van der Waals surface area contributed by atoms with Crippen LogP contribution in [0.3, 0.4) is 0 Å². The minimum absolute atomic E-state index is 0.483. The summed E-state index contributed by atoms with van der Waals surface area (Å²) in [5.74, 6) is 0.753. The zero-order chi connectivity index (χ0) is 13.0. The number of thiophene rings is 1. The summed E-state index contributed by atoms with van der Waals surface area (Å²) in [6.07, 6.45) is 0. The largest absolute Gasteiger partial charge is 0.496 e. The van der Waals surface area contributed by atoms with Crippen LogP contribution in [-0.2, 0) is 0 Å². The third-order valence-electron chi connectivity index (χ3n) is 2.52. The van der Waals surface area contributed by atoms with Crippen molar-refractivity contribution >= 4 is 22.6 Å². The van der Waals surface area contributed by atoms with Gasteiger partial charge in [0.2, 0.25) is 0 Å². The Morgan fingerprint density at radius 1 is 1.33 bits per heavy atom. The maximum Gasteiger partial charge on any atom is 0.130 e. The molecule has 0 amide bonds. The Kier molecular flexibility index (Phi) is 3.66. The molecule has 0 atom stereocenters. The fraction of sp³-hybridized carbons (Fsp3) is 0.0714. The molecule has 4 heteroatoms. The van der Waals surface area contributed by atoms with Gasteiger partial charge in [-0.25, -0.2) is 0 Å². The molecule has 0 aliphatic carbocycles. The molecule has 3 nitrogen and oxygen atoms in total. The molecule has 0 saturated heterocycles. The predicted molar refractivity (Wildman–Crippen MR) is 73.9 cm³/mol. The Balaban J connectivity index is 2.47. The van der Waals surface area contributed by atoms with Gasteiger partial charge in [0.05, 0.1) is 23.3 Å². The highest BCUT2D eigenvalue weighted by Crippen LogP contribution is 2.29. The number of methoxy groups -OCH3 is 1. The first-order chi connectivity index (χ1) is 8.76. The van der Waals surface area contributed by atoms with Gasteiger partial charge in [0.25, 0.3) is 0 Å². The Hall–Kier alpha value is -2.25. The first-order valence-electron chi connectivity index (χ1n) is 5.34. The molecule has 0 bridgehead atoms. The van der Waals surface area contributed by atoms with E-state index < -0.39 is 0 Å². The molecule has 1 heterocycles. The lowest BCUT2D eigenvalue weighted by atomic mass is 10.0. The lowest BCUT2D eigenvalue weighted by Gasteiger charge is -2.03. The van der Waals surface area contributed by atoms with Crippen LogP contribution in [0.4, 0.5) is 0 Å². The van der Waals surface area contributed by atoms with Crippen LogP contribution >= 0.6 is 11.3 Å². The van der Waals surface area contributed by atoms with Gasteiger partial charge in [0.1, 0.15) is 11.8 Å². The molecule has 1 aromatic carbocycles. The molecule has 0 saturated carbocycles. The van der Waals surface area contributed by atoms with Gasteiger partial charge >= 0.3 is 0 Å². The molecule has 2 aromatic rings. The molecule has 90 valence electrons. The van der Waals surface area contributed by atoms with Crippen LogP contribution in [0.5, 0.6) is 5.75 Å². The Labute approximate surface area is 110 Å². The van der Waals surface area contributed by atoms with Gasteiger partial charge in [-0.3, -0.25) is 0 Å². The summed E-state index contributed by atoms with van der Waals surface area (Å²) >= 11 is 1.46. The van der Waals surface area contributed by atoms with Crippen molar-refractivity contribution in [2.24, 2.45) is 5.73 Å². The number of ether oxygens (including phenoxy) is 1. The van der Waals surface area contributed by atoms with Gasteiger partial charge < -0.3 is 10.5 Å². The molecule has 2 rings (SSSR count). The second-order valence-corrected chi connectivity index (χ2v) is 4.53. The number of rotatable bonds is 3. The standard InChI is InChI=1S/C14H12N2OS/c1-17-11-7-13(18-9-11)14(16)12(8-15)10-5-3-2-4-6-10/h2-7,9H,16H2,1H3/b14-12+. The van der Waals surface area contributed by atoms with Crippen LogP contribution in [-0.4, -0.2) is 7.11 Å². The van der Waals surface area contributed by atoms with Crippen LogP contribution in [0.1, 0.15) is 10.4 Å². The number of hydrogen-bond donors (Lipinski definition) is 1. The Morgan fingerprint density at radius 2 is 2.06 bits per heavy atom.